The molecule has 2 aliphatic rings. The van der Waals surface area contributed by atoms with Crippen molar-refractivity contribution in [2.24, 2.45) is 4.99 Å². The molecule has 0 spiro atoms. The number of hydrogen-bond donors (Lipinski definition) is 2. The smallest absolute Gasteiger partial charge is 0.231 e. The third-order valence-corrected chi connectivity index (χ3v) is 4.54. The predicted octanol–water partition coefficient (Wildman–Crippen LogP) is 2.66. The highest BCUT2D eigenvalue weighted by Crippen LogP contribution is 2.50. The highest BCUT2D eigenvalue weighted by atomic mass is 127. The van der Waals surface area contributed by atoms with Crippen LogP contribution in [0.2, 0.25) is 0 Å². The summed E-state index contributed by atoms with van der Waals surface area (Å²) >= 11 is 0. The van der Waals surface area contributed by atoms with E-state index in [1.807, 2.05) is 6.07 Å². The number of benzene rings is 1. The molecule has 1 aromatic carbocycles. The standard InChI is InChI=1S/C18H27N3O3.HI/c1-3-19-17(20-9-4-10-22-2)21-12-18(7-8-18)14-5-6-15-16(11-14)24-13-23-15;/h5-6,11H,3-4,7-10,12-13H2,1-2H3,(H2,19,20,21);1H. The number of aliphatic imine (C=N–C) groups is 1. The Kier molecular flexibility index (Phi) is 7.61. The van der Waals surface area contributed by atoms with Gasteiger partial charge in [-0.25, -0.2) is 0 Å². The van der Waals surface area contributed by atoms with Gasteiger partial charge in [0.05, 0.1) is 6.54 Å². The van der Waals surface area contributed by atoms with Gasteiger partial charge in [0.2, 0.25) is 6.79 Å². The maximum absolute atomic E-state index is 5.51. The number of halogens is 1. The molecule has 1 heterocycles. The van der Waals surface area contributed by atoms with Crippen LogP contribution in [0.25, 0.3) is 0 Å². The minimum Gasteiger partial charge on any atom is -0.454 e. The predicted molar refractivity (Wildman–Crippen MR) is 109 cm³/mol. The Labute approximate surface area is 166 Å². The van der Waals surface area contributed by atoms with E-state index in [0.717, 1.165) is 50.1 Å². The first kappa shape index (κ1) is 20.1. The van der Waals surface area contributed by atoms with Crippen molar-refractivity contribution in [3.63, 3.8) is 0 Å². The lowest BCUT2D eigenvalue weighted by Crippen LogP contribution is -2.38. The van der Waals surface area contributed by atoms with Crippen LogP contribution in [-0.2, 0) is 10.2 Å². The van der Waals surface area contributed by atoms with E-state index in [1.165, 1.54) is 18.4 Å². The molecule has 3 rings (SSSR count). The molecule has 0 atom stereocenters. The molecule has 140 valence electrons. The van der Waals surface area contributed by atoms with Crippen molar-refractivity contribution in [3.05, 3.63) is 23.8 Å². The molecule has 2 N–H and O–H groups in total. The Hall–Kier alpha value is -1.22. The highest BCUT2D eigenvalue weighted by molar-refractivity contribution is 14.0. The summed E-state index contributed by atoms with van der Waals surface area (Å²) in [4.78, 5) is 4.80. The largest absolute Gasteiger partial charge is 0.454 e. The molecule has 0 unspecified atom stereocenters. The molecule has 7 heteroatoms. The zero-order valence-corrected chi connectivity index (χ0v) is 17.3. The number of guanidine groups is 1. The Bertz CT molecular complexity index is 591. The molecule has 25 heavy (non-hydrogen) atoms. The minimum absolute atomic E-state index is 0. The number of fused-ring (bicyclic) bond motifs is 1. The Morgan fingerprint density at radius 1 is 1.24 bits per heavy atom. The maximum Gasteiger partial charge on any atom is 0.231 e. The van der Waals surface area contributed by atoms with Crippen LogP contribution in [0.1, 0.15) is 31.7 Å². The van der Waals surface area contributed by atoms with Gasteiger partial charge in [-0.05, 0) is 43.9 Å². The average Bonchev–Trinajstić information content (AvgIpc) is 3.25. The quantitative estimate of drug-likeness (QED) is 0.270. The molecule has 0 amide bonds. The SMILES string of the molecule is CCNC(=NCC1(c2ccc3c(c2)OCO3)CC1)NCCCOC.I. The second kappa shape index (κ2) is 9.47. The van der Waals surface area contributed by atoms with Crippen molar-refractivity contribution in [2.45, 2.75) is 31.6 Å². The van der Waals surface area contributed by atoms with Crippen LogP contribution >= 0.6 is 24.0 Å². The first-order valence-electron chi connectivity index (χ1n) is 8.69. The molecule has 1 fully saturated rings. The second-order valence-electron chi connectivity index (χ2n) is 6.32. The number of rotatable bonds is 8. The number of hydrogen-bond acceptors (Lipinski definition) is 4. The third kappa shape index (κ3) is 5.13. The van der Waals surface area contributed by atoms with Gasteiger partial charge in [0.1, 0.15) is 0 Å². The van der Waals surface area contributed by atoms with Crippen LogP contribution in [0.5, 0.6) is 11.5 Å². The van der Waals surface area contributed by atoms with Crippen LogP contribution in [0, 0.1) is 0 Å². The Morgan fingerprint density at radius 3 is 2.76 bits per heavy atom. The van der Waals surface area contributed by atoms with Crippen LogP contribution < -0.4 is 20.1 Å². The number of ether oxygens (including phenoxy) is 3. The van der Waals surface area contributed by atoms with E-state index >= 15 is 0 Å². The molecule has 1 saturated carbocycles. The van der Waals surface area contributed by atoms with Gasteiger partial charge in [0.25, 0.3) is 0 Å². The van der Waals surface area contributed by atoms with E-state index in [1.54, 1.807) is 7.11 Å². The topological polar surface area (TPSA) is 64.1 Å². The summed E-state index contributed by atoms with van der Waals surface area (Å²) < 4.78 is 16.0. The van der Waals surface area contributed by atoms with Gasteiger partial charge in [0, 0.05) is 32.2 Å². The number of nitrogens with one attached hydrogen (secondary N) is 2. The fourth-order valence-electron chi connectivity index (χ4n) is 2.91. The summed E-state index contributed by atoms with van der Waals surface area (Å²) in [5.74, 6) is 2.57. The van der Waals surface area contributed by atoms with Crippen LogP contribution in [-0.4, -0.2) is 46.1 Å². The van der Waals surface area contributed by atoms with Crippen LogP contribution in [0.15, 0.2) is 23.2 Å². The van der Waals surface area contributed by atoms with Crippen LogP contribution in [0.4, 0.5) is 0 Å². The fraction of sp³-hybridized carbons (Fsp3) is 0.611. The number of nitrogens with zero attached hydrogens (tertiary/aromatic N) is 1. The van der Waals surface area contributed by atoms with Crippen molar-refractivity contribution in [3.8, 4) is 11.5 Å². The van der Waals surface area contributed by atoms with Gasteiger partial charge in [-0.2, -0.15) is 0 Å². The first-order valence-corrected chi connectivity index (χ1v) is 8.69. The second-order valence-corrected chi connectivity index (χ2v) is 6.32. The molecule has 0 bridgehead atoms. The van der Waals surface area contributed by atoms with E-state index in [0.29, 0.717) is 6.79 Å². The molecular formula is C18H28IN3O3. The summed E-state index contributed by atoms with van der Waals surface area (Å²) in [5, 5.41) is 6.67. The van der Waals surface area contributed by atoms with Gasteiger partial charge >= 0.3 is 0 Å². The number of methoxy groups -OCH3 is 1. The molecule has 0 aromatic heterocycles. The van der Waals surface area contributed by atoms with Gasteiger partial charge in [-0.1, -0.05) is 6.07 Å². The fourth-order valence-corrected chi connectivity index (χ4v) is 2.91. The zero-order valence-electron chi connectivity index (χ0n) is 15.0. The summed E-state index contributed by atoms with van der Waals surface area (Å²) in [6.07, 6.45) is 3.30. The van der Waals surface area contributed by atoms with Crippen molar-refractivity contribution in [1.29, 1.82) is 0 Å². The molecule has 6 nitrogen and oxygen atoms in total. The Balaban J connectivity index is 0.00000225. The van der Waals surface area contributed by atoms with Gasteiger partial charge < -0.3 is 24.8 Å². The van der Waals surface area contributed by atoms with Crippen molar-refractivity contribution >= 4 is 29.9 Å². The summed E-state index contributed by atoms with van der Waals surface area (Å²) in [6.45, 7) is 5.65. The lowest BCUT2D eigenvalue weighted by Gasteiger charge is -2.16. The first-order chi connectivity index (χ1) is 11.8. The van der Waals surface area contributed by atoms with Gasteiger partial charge in [-0.3, -0.25) is 4.99 Å². The molecule has 0 saturated heterocycles. The molecule has 0 radical (unpaired) electrons. The highest BCUT2D eigenvalue weighted by Gasteiger charge is 2.44. The van der Waals surface area contributed by atoms with E-state index in [9.17, 15) is 0 Å². The molecule has 1 aromatic rings. The van der Waals surface area contributed by atoms with Crippen molar-refractivity contribution in [1.82, 2.24) is 10.6 Å². The van der Waals surface area contributed by atoms with Crippen LogP contribution in [0.3, 0.4) is 0 Å². The molecule has 1 aliphatic carbocycles. The summed E-state index contributed by atoms with van der Waals surface area (Å²) in [5.41, 5.74) is 1.45. The molecular weight excluding hydrogens is 433 g/mol. The average molecular weight is 461 g/mol. The minimum atomic E-state index is 0. The van der Waals surface area contributed by atoms with Gasteiger partial charge in [0.15, 0.2) is 17.5 Å². The monoisotopic (exact) mass is 461 g/mol. The zero-order chi connectivity index (χ0) is 16.8. The van der Waals surface area contributed by atoms with E-state index in [4.69, 9.17) is 19.2 Å². The van der Waals surface area contributed by atoms with E-state index < -0.39 is 0 Å². The van der Waals surface area contributed by atoms with Gasteiger partial charge in [-0.15, -0.1) is 24.0 Å². The lowest BCUT2D eigenvalue weighted by atomic mass is 9.96. The maximum atomic E-state index is 5.51. The normalized spacial score (nSPS) is 17.0. The van der Waals surface area contributed by atoms with E-state index in [-0.39, 0.29) is 29.4 Å². The summed E-state index contributed by atoms with van der Waals surface area (Å²) in [7, 11) is 1.72. The molecule has 1 aliphatic heterocycles. The third-order valence-electron chi connectivity index (χ3n) is 4.54. The van der Waals surface area contributed by atoms with Crippen molar-refractivity contribution < 1.29 is 14.2 Å². The summed E-state index contributed by atoms with van der Waals surface area (Å²) in [6, 6.07) is 6.27. The lowest BCUT2D eigenvalue weighted by molar-refractivity contribution is 0.174. The Morgan fingerprint density at radius 2 is 2.04 bits per heavy atom. The van der Waals surface area contributed by atoms with E-state index in [2.05, 4.69) is 29.7 Å². The van der Waals surface area contributed by atoms with Crippen molar-refractivity contribution in [2.75, 3.05) is 40.1 Å².